The first-order chi connectivity index (χ1) is 3.46. The van der Waals surface area contributed by atoms with Gasteiger partial charge in [-0.05, 0) is 13.8 Å². The van der Waals surface area contributed by atoms with Crippen molar-refractivity contribution >= 4 is 35.8 Å². The standard InChI is InChI=1S/2C2H4O2.Co.Sn/c2*1-2(3)4;;/h2*1H3,(H,3,4);;/q;;+2;+4/p-2. The Morgan fingerprint density at radius 3 is 1.00 bits per heavy atom. The summed E-state index contributed by atoms with van der Waals surface area (Å²) in [4.78, 5) is 17.8. The predicted octanol–water partition coefficient (Wildman–Crippen LogP) is -2.87. The van der Waals surface area contributed by atoms with Gasteiger partial charge in [0.05, 0.1) is 0 Å². The van der Waals surface area contributed by atoms with Crippen LogP contribution in [0.4, 0.5) is 0 Å². The molecule has 0 spiro atoms. The molecule has 10 heavy (non-hydrogen) atoms. The van der Waals surface area contributed by atoms with Crippen LogP contribution in [0, 0.1) is 0 Å². The van der Waals surface area contributed by atoms with Crippen molar-refractivity contribution in [2.24, 2.45) is 0 Å². The second-order valence-electron chi connectivity index (χ2n) is 0.983. The third-order valence-electron chi connectivity index (χ3n) is 0. The SMILES string of the molecule is CC(=O)[O-].CC(=O)[O-].[Co+2].[Sn+4]. The van der Waals surface area contributed by atoms with Crippen molar-refractivity contribution in [3.8, 4) is 0 Å². The van der Waals surface area contributed by atoms with Gasteiger partial charge in [0.2, 0.25) is 0 Å². The molecule has 55 valence electrons. The minimum Gasteiger partial charge on any atom is -0.550 e. The number of hydrogen-bond donors (Lipinski definition) is 0. The van der Waals surface area contributed by atoms with Gasteiger partial charge in [0.15, 0.2) is 0 Å². The van der Waals surface area contributed by atoms with E-state index in [9.17, 15) is 0 Å². The fourth-order valence-electron chi connectivity index (χ4n) is 0. The zero-order valence-corrected chi connectivity index (χ0v) is 9.36. The molecule has 0 unspecified atom stereocenters. The van der Waals surface area contributed by atoms with Gasteiger partial charge >= 0.3 is 40.7 Å². The Labute approximate surface area is 86.1 Å². The van der Waals surface area contributed by atoms with Crippen molar-refractivity contribution in [3.63, 3.8) is 0 Å². The molecule has 6 heteroatoms. The molecule has 0 aliphatic rings. The fraction of sp³-hybridized carbons (Fsp3) is 0.500. The number of aliphatic carboxylic acids is 2. The van der Waals surface area contributed by atoms with Crippen LogP contribution in [0.3, 0.4) is 0 Å². The normalized spacial score (nSPS) is 5.00. The molecule has 0 bridgehead atoms. The summed E-state index contributed by atoms with van der Waals surface area (Å²) in [7, 11) is 0. The Morgan fingerprint density at radius 1 is 1.00 bits per heavy atom. The van der Waals surface area contributed by atoms with E-state index in [0.29, 0.717) is 0 Å². The van der Waals surface area contributed by atoms with Crippen LogP contribution in [-0.4, -0.2) is 35.8 Å². The molecule has 0 saturated carbocycles. The maximum Gasteiger partial charge on any atom is 4.00 e. The van der Waals surface area contributed by atoms with Crippen molar-refractivity contribution in [3.05, 3.63) is 0 Å². The van der Waals surface area contributed by atoms with E-state index in [1.54, 1.807) is 0 Å². The summed E-state index contributed by atoms with van der Waals surface area (Å²) in [6, 6.07) is 0. The first-order valence-electron chi connectivity index (χ1n) is 1.82. The van der Waals surface area contributed by atoms with Crippen molar-refractivity contribution in [1.82, 2.24) is 0 Å². The van der Waals surface area contributed by atoms with Crippen LogP contribution in [0.1, 0.15) is 13.8 Å². The first-order valence-corrected chi connectivity index (χ1v) is 1.82. The van der Waals surface area contributed by atoms with Crippen LogP contribution < -0.4 is 10.2 Å². The molecule has 0 heterocycles. The Kier molecular flexibility index (Phi) is 36.2. The van der Waals surface area contributed by atoms with E-state index >= 15 is 0 Å². The van der Waals surface area contributed by atoms with Crippen LogP contribution in [0.25, 0.3) is 0 Å². The van der Waals surface area contributed by atoms with Gasteiger partial charge in [0.1, 0.15) is 0 Å². The maximum atomic E-state index is 8.89. The van der Waals surface area contributed by atoms with E-state index in [1.165, 1.54) is 0 Å². The molecule has 0 aromatic heterocycles. The molecule has 0 amide bonds. The van der Waals surface area contributed by atoms with E-state index in [-0.39, 0.29) is 40.7 Å². The molecule has 0 aliphatic heterocycles. The summed E-state index contributed by atoms with van der Waals surface area (Å²) in [6.45, 7) is 1.94. The Balaban J connectivity index is -0.0000000300. The molecular weight excluding hydrogens is 290 g/mol. The molecule has 0 rings (SSSR count). The average Bonchev–Trinajstić information content (AvgIpc) is 1.25. The van der Waals surface area contributed by atoms with Crippen molar-refractivity contribution in [2.45, 2.75) is 13.8 Å². The number of carbonyl (C=O) groups is 2. The molecule has 0 fully saturated rings. The molecule has 0 N–H and O–H groups in total. The first kappa shape index (κ1) is 22.5. The smallest absolute Gasteiger partial charge is 0.550 e. The van der Waals surface area contributed by atoms with E-state index in [2.05, 4.69) is 0 Å². The zero-order valence-electron chi connectivity index (χ0n) is 5.47. The number of hydrogen-bond acceptors (Lipinski definition) is 4. The zero-order chi connectivity index (χ0) is 7.15. The molecular formula is C4H6CoO4Sn+4. The van der Waals surface area contributed by atoms with Gasteiger partial charge in [-0.1, -0.05) is 0 Å². The van der Waals surface area contributed by atoms with Crippen LogP contribution in [0.2, 0.25) is 0 Å². The molecule has 0 saturated heterocycles. The van der Waals surface area contributed by atoms with Crippen LogP contribution in [0.5, 0.6) is 0 Å². The van der Waals surface area contributed by atoms with Gasteiger partial charge < -0.3 is 19.8 Å². The number of rotatable bonds is 0. The van der Waals surface area contributed by atoms with Gasteiger partial charge in [-0.15, -0.1) is 0 Å². The average molecular weight is 296 g/mol. The van der Waals surface area contributed by atoms with Crippen molar-refractivity contribution in [1.29, 1.82) is 0 Å². The monoisotopic (exact) mass is 297 g/mol. The van der Waals surface area contributed by atoms with Gasteiger partial charge in [-0.25, -0.2) is 0 Å². The summed E-state index contributed by atoms with van der Waals surface area (Å²) in [5.41, 5.74) is 0. The summed E-state index contributed by atoms with van der Waals surface area (Å²) in [5, 5.41) is 17.8. The van der Waals surface area contributed by atoms with Gasteiger partial charge in [-0.2, -0.15) is 0 Å². The summed E-state index contributed by atoms with van der Waals surface area (Å²) in [5.74, 6) is -2.17. The molecule has 0 aromatic rings. The van der Waals surface area contributed by atoms with Crippen LogP contribution >= 0.6 is 0 Å². The minimum absolute atomic E-state index is 0. The Hall–Kier alpha value is 0.245. The molecule has 1 radical (unpaired) electrons. The van der Waals surface area contributed by atoms with Crippen molar-refractivity contribution < 1.29 is 36.6 Å². The maximum absolute atomic E-state index is 8.89. The van der Waals surface area contributed by atoms with Gasteiger partial charge in [0, 0.05) is 11.9 Å². The van der Waals surface area contributed by atoms with E-state index in [0.717, 1.165) is 13.8 Å². The summed E-state index contributed by atoms with van der Waals surface area (Å²) in [6.07, 6.45) is 0. The number of carbonyl (C=O) groups excluding carboxylic acids is 2. The van der Waals surface area contributed by atoms with E-state index in [1.807, 2.05) is 0 Å². The number of carboxylic acids is 2. The molecule has 0 aliphatic carbocycles. The third-order valence-corrected chi connectivity index (χ3v) is 0. The van der Waals surface area contributed by atoms with E-state index < -0.39 is 11.9 Å². The number of carboxylic acid groups (broad SMARTS) is 2. The Morgan fingerprint density at radius 2 is 1.00 bits per heavy atom. The Bertz CT molecular complexity index is 75.3. The fourth-order valence-corrected chi connectivity index (χ4v) is 0. The van der Waals surface area contributed by atoms with Gasteiger partial charge in [0.25, 0.3) is 0 Å². The third kappa shape index (κ3) is 7200. The van der Waals surface area contributed by atoms with Crippen LogP contribution in [0.15, 0.2) is 0 Å². The van der Waals surface area contributed by atoms with Crippen LogP contribution in [-0.2, 0) is 26.4 Å². The second kappa shape index (κ2) is 16.1. The second-order valence-corrected chi connectivity index (χ2v) is 0.983. The van der Waals surface area contributed by atoms with E-state index in [4.69, 9.17) is 19.8 Å². The summed E-state index contributed by atoms with van der Waals surface area (Å²) >= 11 is 0. The van der Waals surface area contributed by atoms with Crippen molar-refractivity contribution in [2.75, 3.05) is 0 Å². The molecule has 0 atom stereocenters. The summed E-state index contributed by atoms with van der Waals surface area (Å²) < 4.78 is 0. The quantitative estimate of drug-likeness (QED) is 0.450. The minimum atomic E-state index is -1.08. The van der Waals surface area contributed by atoms with Gasteiger partial charge in [-0.3, -0.25) is 0 Å². The molecule has 4 nitrogen and oxygen atoms in total. The topological polar surface area (TPSA) is 80.3 Å². The largest absolute Gasteiger partial charge is 4.00 e. The predicted molar refractivity (Wildman–Crippen MR) is 27.1 cm³/mol. The molecule has 0 aromatic carbocycles.